The van der Waals surface area contributed by atoms with Crippen molar-refractivity contribution in [3.63, 3.8) is 0 Å². The summed E-state index contributed by atoms with van der Waals surface area (Å²) in [5.74, 6) is -0.983. The summed E-state index contributed by atoms with van der Waals surface area (Å²) in [6.45, 7) is 4.10. The van der Waals surface area contributed by atoms with E-state index < -0.39 is 6.09 Å². The molecule has 3 rings (SSSR count). The number of aliphatic hydroxyl groups is 1. The van der Waals surface area contributed by atoms with Crippen molar-refractivity contribution < 1.29 is 35.1 Å². The average Bonchev–Trinajstić information content (AvgIpc) is 3.20. The molecule has 0 saturated carbocycles. The summed E-state index contributed by atoms with van der Waals surface area (Å²) >= 11 is 0. The molecule has 0 bridgehead atoms. The van der Waals surface area contributed by atoms with Crippen LogP contribution in [0.1, 0.15) is 50.2 Å². The second kappa shape index (κ2) is 13.7. The third-order valence-electron chi connectivity index (χ3n) is 6.00. The molecule has 0 aromatic heterocycles. The fourth-order valence-corrected chi connectivity index (χ4v) is 4.14. The first-order valence-corrected chi connectivity index (χ1v) is 12.4. The SMILES string of the molecule is [2H]NC(=O)OCC1c2cc(NC(=O)COCCCC)ccc2-c2ccc(NC(=O)COC(C)CCO)cc21. The van der Waals surface area contributed by atoms with Gasteiger partial charge in [0.15, 0.2) is 1.41 Å². The summed E-state index contributed by atoms with van der Waals surface area (Å²) in [7, 11) is 0. The number of nitrogens with two attached hydrogens (primary N) is 1. The van der Waals surface area contributed by atoms with E-state index in [4.69, 9.17) is 20.7 Å². The molecule has 0 heterocycles. The molecule has 10 heteroatoms. The van der Waals surface area contributed by atoms with E-state index in [1.807, 2.05) is 31.2 Å². The van der Waals surface area contributed by atoms with Crippen LogP contribution in [0.25, 0.3) is 11.1 Å². The summed E-state index contributed by atoms with van der Waals surface area (Å²) < 4.78 is 23.1. The van der Waals surface area contributed by atoms with Crippen LogP contribution in [0, 0.1) is 0 Å². The highest BCUT2D eigenvalue weighted by Gasteiger charge is 2.30. The number of benzene rings is 2. The molecule has 200 valence electrons. The Morgan fingerprint density at radius 1 is 1.05 bits per heavy atom. The Hall–Kier alpha value is -3.47. The molecule has 2 aromatic carbocycles. The molecular weight excluding hydrogens is 478 g/mol. The lowest BCUT2D eigenvalue weighted by Crippen LogP contribution is -2.22. The van der Waals surface area contributed by atoms with E-state index in [2.05, 4.69) is 10.6 Å². The van der Waals surface area contributed by atoms with Gasteiger partial charge in [-0.25, -0.2) is 4.79 Å². The minimum Gasteiger partial charge on any atom is -0.449 e. The van der Waals surface area contributed by atoms with Crippen molar-refractivity contribution in [1.82, 2.24) is 0 Å². The number of anilines is 2. The van der Waals surface area contributed by atoms with Gasteiger partial charge in [0.05, 0.1) is 6.10 Å². The second-order valence-corrected chi connectivity index (χ2v) is 8.89. The van der Waals surface area contributed by atoms with Gasteiger partial charge in [-0.05, 0) is 66.3 Å². The van der Waals surface area contributed by atoms with Crippen LogP contribution in [0.15, 0.2) is 36.4 Å². The first-order chi connectivity index (χ1) is 18.4. The van der Waals surface area contributed by atoms with Crippen LogP contribution in [0.4, 0.5) is 16.2 Å². The molecule has 0 fully saturated rings. The van der Waals surface area contributed by atoms with Crippen LogP contribution in [-0.2, 0) is 23.8 Å². The molecule has 1 aliphatic rings. The number of rotatable bonds is 14. The Kier molecular flexibility index (Phi) is 9.87. The minimum atomic E-state index is -0.882. The van der Waals surface area contributed by atoms with Crippen LogP contribution >= 0.6 is 0 Å². The molecule has 3 amide bonds. The van der Waals surface area contributed by atoms with E-state index in [9.17, 15) is 14.4 Å². The van der Waals surface area contributed by atoms with Crippen LogP contribution in [-0.4, -0.2) is 62.2 Å². The van der Waals surface area contributed by atoms with Gasteiger partial charge in [0.25, 0.3) is 0 Å². The lowest BCUT2D eigenvalue weighted by atomic mass is 9.97. The first-order valence-electron chi connectivity index (χ1n) is 12.9. The number of fused-ring (bicyclic) bond motifs is 3. The van der Waals surface area contributed by atoms with Crippen molar-refractivity contribution in [3.8, 4) is 11.1 Å². The van der Waals surface area contributed by atoms with Gasteiger partial charge in [0.1, 0.15) is 19.8 Å². The summed E-state index contributed by atoms with van der Waals surface area (Å²) in [5.41, 5.74) is 6.33. The lowest BCUT2D eigenvalue weighted by Gasteiger charge is -2.15. The van der Waals surface area contributed by atoms with Crippen molar-refractivity contribution >= 4 is 29.3 Å². The van der Waals surface area contributed by atoms with E-state index in [1.54, 1.807) is 24.8 Å². The first kappa shape index (κ1) is 26.6. The molecule has 0 radical (unpaired) electrons. The van der Waals surface area contributed by atoms with Crippen molar-refractivity contribution in [3.05, 3.63) is 47.5 Å². The zero-order chi connectivity index (χ0) is 27.5. The molecule has 0 saturated heterocycles. The minimum absolute atomic E-state index is 0.0198. The van der Waals surface area contributed by atoms with Crippen LogP contribution in [0.5, 0.6) is 0 Å². The zero-order valence-corrected chi connectivity index (χ0v) is 21.2. The molecule has 2 unspecified atom stereocenters. The molecule has 5 N–H and O–H groups in total. The molecule has 0 spiro atoms. The van der Waals surface area contributed by atoms with E-state index in [-0.39, 0.29) is 50.3 Å². The standard InChI is InChI=1S/C27H35N3O7/c1-3-4-11-35-15-25(32)29-18-5-7-20-21-8-6-19(30-26(33)16-36-17(2)9-10-31)13-23(21)24(22(20)12-18)14-37-27(28)34/h5-8,12-13,17,24,31H,3-4,9-11,14-16H2,1-2H3,(H2,28,34)(H,29,32)(H,30,33)/i/hD. The van der Waals surface area contributed by atoms with Gasteiger partial charge in [-0.3, -0.25) is 9.59 Å². The van der Waals surface area contributed by atoms with Gasteiger partial charge in [-0.2, -0.15) is 0 Å². The molecule has 1 aliphatic carbocycles. The van der Waals surface area contributed by atoms with E-state index in [0.29, 0.717) is 24.4 Å². The molecule has 10 nitrogen and oxygen atoms in total. The van der Waals surface area contributed by atoms with Gasteiger partial charge in [0.2, 0.25) is 11.8 Å². The Morgan fingerprint density at radius 3 is 2.24 bits per heavy atom. The molecular formula is C27H35N3O7. The van der Waals surface area contributed by atoms with Crippen molar-refractivity contribution in [1.29, 1.82) is 0 Å². The summed E-state index contributed by atoms with van der Waals surface area (Å²) in [6, 6.07) is 11.0. The Labute approximate surface area is 217 Å². The third-order valence-corrected chi connectivity index (χ3v) is 6.00. The number of unbranched alkanes of at least 4 members (excludes halogenated alkanes) is 1. The molecule has 2 atom stereocenters. The zero-order valence-electron chi connectivity index (χ0n) is 22.2. The topological polar surface area (TPSA) is 149 Å². The average molecular weight is 515 g/mol. The van der Waals surface area contributed by atoms with Gasteiger partial charge in [0, 0.05) is 30.5 Å². The quantitative estimate of drug-likeness (QED) is 0.282. The fraction of sp³-hybridized carbons (Fsp3) is 0.444. The largest absolute Gasteiger partial charge is 0.449 e. The van der Waals surface area contributed by atoms with E-state index in [1.165, 1.54) is 0 Å². The lowest BCUT2D eigenvalue weighted by molar-refractivity contribution is -0.122. The third kappa shape index (κ3) is 8.01. The second-order valence-electron chi connectivity index (χ2n) is 8.89. The highest BCUT2D eigenvalue weighted by Crippen LogP contribution is 2.46. The predicted octanol–water partition coefficient (Wildman–Crippen LogP) is 3.38. The monoisotopic (exact) mass is 514 g/mol. The van der Waals surface area contributed by atoms with Gasteiger partial charge in [-0.15, -0.1) is 0 Å². The molecule has 0 aliphatic heterocycles. The highest BCUT2D eigenvalue weighted by atomic mass is 16.5. The number of ether oxygens (including phenoxy) is 3. The normalized spacial score (nSPS) is 14.7. The maximum atomic E-state index is 12.4. The number of hydrogen-bond acceptors (Lipinski definition) is 7. The number of nitrogens with one attached hydrogen (secondary N) is 2. The number of amides is 3. The number of hydrogen-bond donors (Lipinski definition) is 4. The number of aliphatic hydroxyl groups excluding tert-OH is 1. The van der Waals surface area contributed by atoms with Crippen LogP contribution in [0.2, 0.25) is 1.41 Å². The summed E-state index contributed by atoms with van der Waals surface area (Å²) in [5, 5.41) is 14.6. The Morgan fingerprint density at radius 2 is 1.68 bits per heavy atom. The number of carbonyl (C=O) groups is 3. The maximum absolute atomic E-state index is 12.4. The maximum Gasteiger partial charge on any atom is 0.404 e. The number of primary amides is 1. The molecule has 37 heavy (non-hydrogen) atoms. The smallest absolute Gasteiger partial charge is 0.404 e. The van der Waals surface area contributed by atoms with Crippen LogP contribution < -0.4 is 16.4 Å². The summed E-state index contributed by atoms with van der Waals surface area (Å²) in [4.78, 5) is 36.4. The fourth-order valence-electron chi connectivity index (χ4n) is 4.14. The Balaban J connectivity index is 1.77. The van der Waals surface area contributed by atoms with E-state index in [0.717, 1.165) is 35.1 Å². The number of carbonyl (C=O) groups excluding carboxylic acids is 3. The van der Waals surface area contributed by atoms with Crippen LogP contribution in [0.3, 0.4) is 0 Å². The van der Waals surface area contributed by atoms with Gasteiger partial charge < -0.3 is 35.7 Å². The highest BCUT2D eigenvalue weighted by molar-refractivity contribution is 5.94. The predicted molar refractivity (Wildman–Crippen MR) is 139 cm³/mol. The summed E-state index contributed by atoms with van der Waals surface area (Å²) in [6.07, 6.45) is 1.18. The van der Waals surface area contributed by atoms with E-state index >= 15 is 0 Å². The van der Waals surface area contributed by atoms with Crippen molar-refractivity contribution in [2.45, 2.75) is 45.1 Å². The van der Waals surface area contributed by atoms with Crippen molar-refractivity contribution in [2.75, 3.05) is 43.7 Å². The molecule has 2 aromatic rings. The van der Waals surface area contributed by atoms with Crippen molar-refractivity contribution in [2.24, 2.45) is 5.73 Å². The van der Waals surface area contributed by atoms with Gasteiger partial charge >= 0.3 is 6.09 Å². The van der Waals surface area contributed by atoms with Gasteiger partial charge in [-0.1, -0.05) is 25.5 Å². The Bertz CT molecular complexity index is 1130.